The Morgan fingerprint density at radius 3 is 2.25 bits per heavy atom. The average Bonchev–Trinajstić information content (AvgIpc) is 2.17. The van der Waals surface area contributed by atoms with Crippen LogP contribution in [0.2, 0.25) is 0 Å². The fourth-order valence-corrected chi connectivity index (χ4v) is 1.39. The largest absolute Gasteiger partial charge is 0.548 e. The first-order valence-corrected chi connectivity index (χ1v) is 4.54. The number of nitrogens with zero attached hydrogens (tertiary/aromatic N) is 2. The number of nitrogens with two attached hydrogens (primary N) is 1. The van der Waals surface area contributed by atoms with Crippen molar-refractivity contribution < 1.29 is 19.5 Å². The van der Waals surface area contributed by atoms with Crippen molar-refractivity contribution in [2.75, 3.05) is 32.7 Å². The summed E-state index contributed by atoms with van der Waals surface area (Å²) in [6.07, 6.45) is 0. The van der Waals surface area contributed by atoms with Crippen molar-refractivity contribution in [2.45, 2.75) is 0 Å². The van der Waals surface area contributed by atoms with Gasteiger partial charge in [-0.15, -0.1) is 12.4 Å². The second kappa shape index (κ2) is 6.29. The highest BCUT2D eigenvalue weighted by Crippen LogP contribution is 2.03. The van der Waals surface area contributed by atoms with Crippen LogP contribution in [0, 0.1) is 0 Å². The number of rotatable bonds is 4. The minimum atomic E-state index is -1.37. The van der Waals surface area contributed by atoms with E-state index in [0.717, 1.165) is 4.90 Å². The number of carbonyl (C=O) groups is 3. The molecule has 0 aromatic rings. The Balaban J connectivity index is 0.00000225. The molecular weight excluding hydrogens is 238 g/mol. The maximum atomic E-state index is 11.4. The lowest BCUT2D eigenvalue weighted by Gasteiger charge is -2.33. The average molecular weight is 251 g/mol. The van der Waals surface area contributed by atoms with E-state index in [1.807, 2.05) is 0 Å². The van der Waals surface area contributed by atoms with Crippen LogP contribution in [0.5, 0.6) is 0 Å². The number of carboxylic acids is 1. The first kappa shape index (κ1) is 14.7. The van der Waals surface area contributed by atoms with Crippen LogP contribution < -0.4 is 10.8 Å². The molecule has 1 rings (SSSR count). The summed E-state index contributed by atoms with van der Waals surface area (Å²) in [4.78, 5) is 35.3. The topological polar surface area (TPSA) is 107 Å². The lowest BCUT2D eigenvalue weighted by molar-refractivity contribution is -0.306. The predicted octanol–water partition coefficient (Wildman–Crippen LogP) is -3.21. The molecule has 0 saturated carbocycles. The molecular formula is C8H13ClN3O4-. The summed E-state index contributed by atoms with van der Waals surface area (Å²) in [5.74, 6) is -2.88. The van der Waals surface area contributed by atoms with Gasteiger partial charge in [-0.05, 0) is 0 Å². The summed E-state index contributed by atoms with van der Waals surface area (Å²) in [6, 6.07) is 0. The second-order valence-electron chi connectivity index (χ2n) is 3.18. The third-order valence-corrected chi connectivity index (χ3v) is 2.12. The van der Waals surface area contributed by atoms with Gasteiger partial charge >= 0.3 is 11.8 Å². The Kier molecular flexibility index (Phi) is 5.76. The molecule has 2 amide bonds. The van der Waals surface area contributed by atoms with Gasteiger partial charge in [0.25, 0.3) is 0 Å². The maximum absolute atomic E-state index is 11.4. The molecule has 0 aromatic carbocycles. The number of amides is 2. The third-order valence-electron chi connectivity index (χ3n) is 2.12. The molecule has 92 valence electrons. The zero-order valence-electron chi connectivity index (χ0n) is 8.55. The van der Waals surface area contributed by atoms with E-state index in [1.165, 1.54) is 4.90 Å². The van der Waals surface area contributed by atoms with Crippen molar-refractivity contribution in [3.05, 3.63) is 0 Å². The molecule has 2 N–H and O–H groups in total. The monoisotopic (exact) mass is 250 g/mol. The van der Waals surface area contributed by atoms with Gasteiger partial charge in [0, 0.05) is 26.2 Å². The highest BCUT2D eigenvalue weighted by atomic mass is 35.5. The van der Waals surface area contributed by atoms with Gasteiger partial charge in [-0.1, -0.05) is 0 Å². The number of hydrogen-bond donors (Lipinski definition) is 1. The van der Waals surface area contributed by atoms with Crippen molar-refractivity contribution >= 4 is 30.2 Å². The number of piperazine rings is 1. The summed E-state index contributed by atoms with van der Waals surface area (Å²) in [7, 11) is 0. The van der Waals surface area contributed by atoms with Crippen molar-refractivity contribution in [1.29, 1.82) is 0 Å². The molecule has 7 nitrogen and oxygen atoms in total. The molecule has 0 aromatic heterocycles. The fraction of sp³-hybridized carbons (Fsp3) is 0.625. The Morgan fingerprint density at radius 1 is 1.25 bits per heavy atom. The number of hydrogen-bond acceptors (Lipinski definition) is 5. The van der Waals surface area contributed by atoms with Gasteiger partial charge in [0.05, 0.1) is 12.5 Å². The van der Waals surface area contributed by atoms with Crippen molar-refractivity contribution in [3.63, 3.8) is 0 Å². The van der Waals surface area contributed by atoms with Crippen LogP contribution in [0.3, 0.4) is 0 Å². The molecule has 0 unspecified atom stereocenters. The van der Waals surface area contributed by atoms with Gasteiger partial charge in [0.2, 0.25) is 0 Å². The molecule has 1 saturated heterocycles. The van der Waals surface area contributed by atoms with Crippen LogP contribution >= 0.6 is 12.4 Å². The normalized spacial score (nSPS) is 16.1. The molecule has 0 radical (unpaired) electrons. The first-order chi connectivity index (χ1) is 7.06. The van der Waals surface area contributed by atoms with E-state index in [-0.39, 0.29) is 25.5 Å². The van der Waals surface area contributed by atoms with Crippen molar-refractivity contribution in [2.24, 2.45) is 5.73 Å². The van der Waals surface area contributed by atoms with Crippen LogP contribution in [-0.4, -0.2) is 60.3 Å². The summed E-state index contributed by atoms with van der Waals surface area (Å²) < 4.78 is 0. The highest BCUT2D eigenvalue weighted by molar-refractivity contribution is 6.35. The van der Waals surface area contributed by atoms with Gasteiger partial charge in [0.15, 0.2) is 0 Å². The Labute approximate surface area is 98.6 Å². The number of halogens is 1. The minimum Gasteiger partial charge on any atom is -0.548 e. The molecule has 16 heavy (non-hydrogen) atoms. The van der Waals surface area contributed by atoms with Gasteiger partial charge < -0.3 is 25.4 Å². The van der Waals surface area contributed by atoms with Crippen molar-refractivity contribution in [3.8, 4) is 0 Å². The smallest absolute Gasteiger partial charge is 0.312 e. The van der Waals surface area contributed by atoms with E-state index in [2.05, 4.69) is 0 Å². The second-order valence-corrected chi connectivity index (χ2v) is 3.18. The quantitative estimate of drug-likeness (QED) is 0.529. The summed E-state index contributed by atoms with van der Waals surface area (Å²) in [5.41, 5.74) is 5.26. The molecule has 1 fully saturated rings. The Hall–Kier alpha value is -1.34. The van der Waals surface area contributed by atoms with Crippen LogP contribution in [0.15, 0.2) is 0 Å². The van der Waals surface area contributed by atoms with Crippen LogP contribution in [0.4, 0.5) is 0 Å². The molecule has 1 heterocycles. The van der Waals surface area contributed by atoms with Gasteiger partial charge in [-0.25, -0.2) is 0 Å². The summed E-state index contributed by atoms with van der Waals surface area (Å²) in [5, 5.41) is 10.3. The van der Waals surface area contributed by atoms with Gasteiger partial charge in [-0.3, -0.25) is 9.59 Å². The molecule has 1 aliphatic rings. The summed E-state index contributed by atoms with van der Waals surface area (Å²) >= 11 is 0. The third kappa shape index (κ3) is 3.35. The fourth-order valence-electron chi connectivity index (χ4n) is 1.39. The van der Waals surface area contributed by atoms with Gasteiger partial charge in [0.1, 0.15) is 0 Å². The highest BCUT2D eigenvalue weighted by Gasteiger charge is 2.31. The SMILES string of the molecule is Cl.NCCN1CCN(CC(=O)[O-])C(=O)C1=O. The number of carboxylic acid groups (broad SMARTS) is 1. The predicted molar refractivity (Wildman–Crippen MR) is 54.5 cm³/mol. The number of carbonyl (C=O) groups excluding carboxylic acids is 3. The molecule has 8 heteroatoms. The maximum Gasteiger partial charge on any atom is 0.312 e. The summed E-state index contributed by atoms with van der Waals surface area (Å²) in [6.45, 7) is 0.567. The standard InChI is InChI=1S/C8H13N3O4.ClH/c9-1-2-10-3-4-11(5-6(12)13)8(15)7(10)14;/h1-5,9H2,(H,12,13);1H/p-1. The van der Waals surface area contributed by atoms with Gasteiger partial charge in [-0.2, -0.15) is 0 Å². The lowest BCUT2D eigenvalue weighted by atomic mass is 10.3. The molecule has 0 aliphatic carbocycles. The van der Waals surface area contributed by atoms with E-state index < -0.39 is 24.3 Å². The molecule has 0 bridgehead atoms. The zero-order chi connectivity index (χ0) is 11.4. The van der Waals surface area contributed by atoms with Crippen LogP contribution in [-0.2, 0) is 14.4 Å². The van der Waals surface area contributed by atoms with Crippen molar-refractivity contribution in [1.82, 2.24) is 9.80 Å². The van der Waals surface area contributed by atoms with E-state index in [9.17, 15) is 19.5 Å². The minimum absolute atomic E-state index is 0. The zero-order valence-corrected chi connectivity index (χ0v) is 9.37. The molecule has 1 aliphatic heterocycles. The van der Waals surface area contributed by atoms with E-state index in [4.69, 9.17) is 5.73 Å². The molecule has 0 spiro atoms. The first-order valence-electron chi connectivity index (χ1n) is 4.54. The number of aliphatic carboxylic acids is 1. The Morgan fingerprint density at radius 2 is 1.75 bits per heavy atom. The van der Waals surface area contributed by atoms with E-state index in [1.54, 1.807) is 0 Å². The van der Waals surface area contributed by atoms with E-state index in [0.29, 0.717) is 13.1 Å². The lowest BCUT2D eigenvalue weighted by Crippen LogP contribution is -2.57. The van der Waals surface area contributed by atoms with E-state index >= 15 is 0 Å². The van der Waals surface area contributed by atoms with Crippen LogP contribution in [0.25, 0.3) is 0 Å². The molecule has 0 atom stereocenters. The Bertz CT molecular complexity index is 297. The van der Waals surface area contributed by atoms with Crippen LogP contribution in [0.1, 0.15) is 0 Å².